The molecular formula is C25H21NO5. The number of ether oxygens (including phenoxy) is 2. The van der Waals surface area contributed by atoms with E-state index in [1.54, 1.807) is 42.5 Å². The molecule has 1 aliphatic rings. The van der Waals surface area contributed by atoms with Crippen LogP contribution in [0.3, 0.4) is 0 Å². The lowest BCUT2D eigenvalue weighted by molar-refractivity contribution is 0.0252. The number of para-hydroxylation sites is 1. The summed E-state index contributed by atoms with van der Waals surface area (Å²) in [4.78, 5) is 37.3. The molecule has 1 aliphatic heterocycles. The predicted molar refractivity (Wildman–Crippen MR) is 115 cm³/mol. The molecule has 1 amide bonds. The van der Waals surface area contributed by atoms with Gasteiger partial charge in [0.2, 0.25) is 0 Å². The van der Waals surface area contributed by atoms with Crippen molar-refractivity contribution in [1.29, 1.82) is 0 Å². The van der Waals surface area contributed by atoms with Gasteiger partial charge in [0.15, 0.2) is 0 Å². The largest absolute Gasteiger partial charge is 0.465 e. The van der Waals surface area contributed by atoms with Gasteiger partial charge >= 0.3 is 11.9 Å². The van der Waals surface area contributed by atoms with E-state index in [0.29, 0.717) is 23.2 Å². The molecule has 6 nitrogen and oxygen atoms in total. The van der Waals surface area contributed by atoms with Gasteiger partial charge in [-0.3, -0.25) is 4.79 Å². The minimum atomic E-state index is -0.537. The molecule has 0 fully saturated rings. The molecule has 0 aromatic heterocycles. The lowest BCUT2D eigenvalue weighted by atomic mass is 9.92. The molecule has 1 heterocycles. The molecule has 0 bridgehead atoms. The summed E-state index contributed by atoms with van der Waals surface area (Å²) >= 11 is 0. The van der Waals surface area contributed by atoms with Crippen LogP contribution >= 0.6 is 0 Å². The lowest BCUT2D eigenvalue weighted by Crippen LogP contribution is -2.23. The quantitative estimate of drug-likeness (QED) is 0.635. The van der Waals surface area contributed by atoms with E-state index in [0.717, 1.165) is 16.7 Å². The van der Waals surface area contributed by atoms with Crippen LogP contribution in [0.25, 0.3) is 0 Å². The summed E-state index contributed by atoms with van der Waals surface area (Å²) in [5, 5.41) is 2.75. The standard InChI is InChI=1S/C25H21NO5/c1-15-7-9-16(10-8-15)22-14-18-13-17(11-12-19(18)25(29)31-22)23(27)26-21-6-4-3-5-20(21)24(28)30-2/h3-13,22H,14H2,1-2H3,(H,26,27)/t22-/m0/s1. The Morgan fingerprint density at radius 3 is 2.52 bits per heavy atom. The number of anilines is 1. The average molecular weight is 415 g/mol. The number of methoxy groups -OCH3 is 1. The zero-order valence-electron chi connectivity index (χ0n) is 17.2. The van der Waals surface area contributed by atoms with Gasteiger partial charge in [0, 0.05) is 12.0 Å². The first kappa shape index (κ1) is 20.3. The summed E-state index contributed by atoms with van der Waals surface area (Å²) in [5.41, 5.74) is 4.23. The van der Waals surface area contributed by atoms with Gasteiger partial charge in [0.05, 0.1) is 23.9 Å². The molecule has 0 saturated heterocycles. The number of amides is 1. The first-order chi connectivity index (χ1) is 15.0. The highest BCUT2D eigenvalue weighted by atomic mass is 16.5. The molecule has 0 spiro atoms. The van der Waals surface area contributed by atoms with Crippen molar-refractivity contribution in [3.63, 3.8) is 0 Å². The number of esters is 2. The van der Waals surface area contributed by atoms with Gasteiger partial charge in [-0.2, -0.15) is 0 Å². The van der Waals surface area contributed by atoms with Crippen molar-refractivity contribution in [2.45, 2.75) is 19.4 Å². The number of carbonyl (C=O) groups is 3. The molecule has 0 unspecified atom stereocenters. The van der Waals surface area contributed by atoms with Gasteiger partial charge in [0.25, 0.3) is 5.91 Å². The molecule has 4 rings (SSSR count). The average Bonchev–Trinajstić information content (AvgIpc) is 2.79. The first-order valence-electron chi connectivity index (χ1n) is 9.85. The maximum Gasteiger partial charge on any atom is 0.339 e. The van der Waals surface area contributed by atoms with Crippen molar-refractivity contribution in [2.24, 2.45) is 0 Å². The summed E-state index contributed by atoms with van der Waals surface area (Å²) in [6.45, 7) is 2.00. The van der Waals surface area contributed by atoms with Crippen molar-refractivity contribution in [3.8, 4) is 0 Å². The minimum absolute atomic E-state index is 0.263. The molecular weight excluding hydrogens is 394 g/mol. The number of fused-ring (bicyclic) bond motifs is 1. The molecule has 0 radical (unpaired) electrons. The van der Waals surface area contributed by atoms with Gasteiger partial charge in [-0.25, -0.2) is 9.59 Å². The normalized spacial score (nSPS) is 14.9. The number of nitrogens with one attached hydrogen (secondary N) is 1. The van der Waals surface area contributed by atoms with Crippen LogP contribution in [0, 0.1) is 6.92 Å². The van der Waals surface area contributed by atoms with E-state index in [4.69, 9.17) is 9.47 Å². The Hall–Kier alpha value is -3.93. The summed E-state index contributed by atoms with van der Waals surface area (Å²) < 4.78 is 10.4. The second-order valence-electron chi connectivity index (χ2n) is 7.37. The van der Waals surface area contributed by atoms with E-state index in [2.05, 4.69) is 5.32 Å². The molecule has 3 aromatic carbocycles. The van der Waals surface area contributed by atoms with E-state index >= 15 is 0 Å². The van der Waals surface area contributed by atoms with Crippen LogP contribution in [0.5, 0.6) is 0 Å². The summed E-state index contributed by atoms with van der Waals surface area (Å²) in [5.74, 6) is -1.33. The smallest absolute Gasteiger partial charge is 0.339 e. The molecule has 0 aliphatic carbocycles. The number of rotatable bonds is 4. The molecule has 6 heteroatoms. The second-order valence-corrected chi connectivity index (χ2v) is 7.37. The van der Waals surface area contributed by atoms with Crippen LogP contribution in [-0.2, 0) is 15.9 Å². The monoisotopic (exact) mass is 415 g/mol. The molecule has 1 N–H and O–H groups in total. The van der Waals surface area contributed by atoms with Crippen molar-refractivity contribution in [3.05, 3.63) is 100 Å². The predicted octanol–water partition coefficient (Wildman–Crippen LogP) is 4.49. The summed E-state index contributed by atoms with van der Waals surface area (Å²) in [6, 6.07) is 19.3. The number of benzene rings is 3. The van der Waals surface area contributed by atoms with Gasteiger partial charge in [-0.1, -0.05) is 42.0 Å². The Morgan fingerprint density at radius 1 is 1.03 bits per heavy atom. The van der Waals surface area contributed by atoms with Crippen molar-refractivity contribution in [1.82, 2.24) is 0 Å². The van der Waals surface area contributed by atoms with Gasteiger partial charge in [0.1, 0.15) is 6.10 Å². The number of aryl methyl sites for hydroxylation is 1. The third kappa shape index (κ3) is 4.19. The Balaban J connectivity index is 1.59. The Kier molecular flexibility index (Phi) is 5.54. The van der Waals surface area contributed by atoms with E-state index in [1.165, 1.54) is 7.11 Å². The fraction of sp³-hybridized carbons (Fsp3) is 0.160. The van der Waals surface area contributed by atoms with E-state index in [9.17, 15) is 14.4 Å². The highest BCUT2D eigenvalue weighted by molar-refractivity contribution is 6.08. The number of carbonyl (C=O) groups excluding carboxylic acids is 3. The van der Waals surface area contributed by atoms with Gasteiger partial charge < -0.3 is 14.8 Å². The van der Waals surface area contributed by atoms with Crippen LogP contribution in [0.15, 0.2) is 66.7 Å². The van der Waals surface area contributed by atoms with Crippen LogP contribution in [0.4, 0.5) is 5.69 Å². The van der Waals surface area contributed by atoms with Crippen molar-refractivity contribution in [2.75, 3.05) is 12.4 Å². The second kappa shape index (κ2) is 8.44. The van der Waals surface area contributed by atoms with E-state index < -0.39 is 18.0 Å². The summed E-state index contributed by atoms with van der Waals surface area (Å²) in [7, 11) is 1.29. The summed E-state index contributed by atoms with van der Waals surface area (Å²) in [6.07, 6.45) is 0.0725. The van der Waals surface area contributed by atoms with Crippen LogP contribution in [0.2, 0.25) is 0 Å². The highest BCUT2D eigenvalue weighted by Crippen LogP contribution is 2.31. The SMILES string of the molecule is COC(=O)c1ccccc1NC(=O)c1ccc2c(c1)C[C@@H](c1ccc(C)cc1)OC2=O. The first-order valence-corrected chi connectivity index (χ1v) is 9.85. The number of cyclic esters (lactones) is 1. The van der Waals surface area contributed by atoms with Crippen molar-refractivity contribution < 1.29 is 23.9 Å². The molecule has 1 atom stereocenters. The zero-order valence-corrected chi connectivity index (χ0v) is 17.2. The Labute approximate surface area is 179 Å². The maximum atomic E-state index is 12.9. The van der Waals surface area contributed by atoms with Gasteiger partial charge in [-0.15, -0.1) is 0 Å². The van der Waals surface area contributed by atoms with Crippen molar-refractivity contribution >= 4 is 23.5 Å². The Bertz CT molecular complexity index is 1170. The lowest BCUT2D eigenvalue weighted by Gasteiger charge is -2.25. The van der Waals surface area contributed by atoms with Crippen LogP contribution < -0.4 is 5.32 Å². The third-order valence-electron chi connectivity index (χ3n) is 5.27. The topological polar surface area (TPSA) is 81.7 Å². The Morgan fingerprint density at radius 2 is 1.77 bits per heavy atom. The fourth-order valence-corrected chi connectivity index (χ4v) is 3.58. The molecule has 31 heavy (non-hydrogen) atoms. The molecule has 0 saturated carbocycles. The van der Waals surface area contributed by atoms with Gasteiger partial charge in [-0.05, 0) is 48.4 Å². The van der Waals surface area contributed by atoms with E-state index in [1.807, 2.05) is 31.2 Å². The minimum Gasteiger partial charge on any atom is -0.465 e. The van der Waals surface area contributed by atoms with Crippen LogP contribution in [0.1, 0.15) is 53.9 Å². The third-order valence-corrected chi connectivity index (χ3v) is 5.27. The molecule has 3 aromatic rings. The number of hydrogen-bond acceptors (Lipinski definition) is 5. The zero-order chi connectivity index (χ0) is 22.0. The maximum absolute atomic E-state index is 12.9. The number of hydrogen-bond donors (Lipinski definition) is 1. The fourth-order valence-electron chi connectivity index (χ4n) is 3.58. The van der Waals surface area contributed by atoms with Crippen LogP contribution in [-0.4, -0.2) is 25.0 Å². The van der Waals surface area contributed by atoms with E-state index in [-0.39, 0.29) is 11.5 Å². The molecule has 156 valence electrons. The highest BCUT2D eigenvalue weighted by Gasteiger charge is 2.28.